The van der Waals surface area contributed by atoms with Crippen molar-refractivity contribution >= 4 is 17.2 Å². The van der Waals surface area contributed by atoms with Gasteiger partial charge in [-0.1, -0.05) is 0 Å². The van der Waals surface area contributed by atoms with Gasteiger partial charge in [-0.25, -0.2) is 9.50 Å². The molecule has 4 aromatic rings. The topological polar surface area (TPSA) is 151 Å². The van der Waals surface area contributed by atoms with Crippen LogP contribution in [0.15, 0.2) is 29.1 Å². The third-order valence-corrected chi connectivity index (χ3v) is 3.45. The van der Waals surface area contributed by atoms with Crippen LogP contribution < -0.4 is 0 Å². The summed E-state index contributed by atoms with van der Waals surface area (Å²) >= 11 is 0. The van der Waals surface area contributed by atoms with Gasteiger partial charge in [0.1, 0.15) is 30.1 Å². The summed E-state index contributed by atoms with van der Waals surface area (Å²) in [6, 6.07) is 2.02. The van der Waals surface area contributed by atoms with Gasteiger partial charge in [0.05, 0.1) is 11.9 Å². The van der Waals surface area contributed by atoms with Crippen molar-refractivity contribution in [3.8, 4) is 12.0 Å². The SMILES string of the molecule is Cc1[nH]n2c(C)nnc2c1N=Nc1c(C#N)cnn1-c1ncncn1. The molecule has 4 rings (SSSR count). The Kier molecular flexibility index (Phi) is 3.24. The number of nitrogens with zero attached hydrogens (tertiary/aromatic N) is 11. The van der Waals surface area contributed by atoms with Crippen molar-refractivity contribution in [1.29, 1.82) is 5.26 Å². The molecular formula is C13H10N12. The van der Waals surface area contributed by atoms with E-state index in [1.807, 2.05) is 19.9 Å². The average molecular weight is 334 g/mol. The Labute approximate surface area is 139 Å². The molecule has 0 radical (unpaired) electrons. The maximum absolute atomic E-state index is 9.27. The predicted octanol–water partition coefficient (Wildman–Crippen LogP) is 1.33. The third kappa shape index (κ3) is 2.30. The second-order valence-electron chi connectivity index (χ2n) is 5.04. The van der Waals surface area contributed by atoms with E-state index in [0.717, 1.165) is 5.69 Å². The highest BCUT2D eigenvalue weighted by Gasteiger charge is 2.16. The van der Waals surface area contributed by atoms with E-state index in [9.17, 15) is 5.26 Å². The van der Waals surface area contributed by atoms with Crippen LogP contribution in [0.3, 0.4) is 0 Å². The molecule has 0 spiro atoms. The molecule has 4 heterocycles. The van der Waals surface area contributed by atoms with Crippen molar-refractivity contribution in [2.24, 2.45) is 10.2 Å². The summed E-state index contributed by atoms with van der Waals surface area (Å²) in [6.45, 7) is 3.66. The molecule has 12 nitrogen and oxygen atoms in total. The molecule has 0 fully saturated rings. The van der Waals surface area contributed by atoms with Crippen LogP contribution in [0.4, 0.5) is 11.5 Å². The van der Waals surface area contributed by atoms with E-state index < -0.39 is 0 Å². The Hall–Kier alpha value is -4.01. The second kappa shape index (κ2) is 5.57. The molecule has 0 aliphatic carbocycles. The smallest absolute Gasteiger partial charge is 0.255 e. The zero-order chi connectivity index (χ0) is 17.4. The highest BCUT2D eigenvalue weighted by atomic mass is 15.4. The summed E-state index contributed by atoms with van der Waals surface area (Å²) in [7, 11) is 0. The first-order valence-corrected chi connectivity index (χ1v) is 7.11. The maximum atomic E-state index is 9.27. The van der Waals surface area contributed by atoms with Crippen molar-refractivity contribution < 1.29 is 0 Å². The number of aromatic nitrogens is 9. The minimum atomic E-state index is 0.212. The van der Waals surface area contributed by atoms with Crippen LogP contribution in [0.2, 0.25) is 0 Å². The first-order valence-electron chi connectivity index (χ1n) is 7.11. The summed E-state index contributed by atoms with van der Waals surface area (Å²) in [5, 5.41) is 32.9. The molecule has 0 amide bonds. The van der Waals surface area contributed by atoms with Crippen molar-refractivity contribution in [3.63, 3.8) is 0 Å². The lowest BCUT2D eigenvalue weighted by Crippen LogP contribution is -2.02. The third-order valence-electron chi connectivity index (χ3n) is 3.45. The van der Waals surface area contributed by atoms with Gasteiger partial charge in [0.15, 0.2) is 11.5 Å². The standard InChI is InChI=1S/C13H10N12/c1-7-10(12-22-19-8(2)24(12)23-7)20-21-11-9(3-14)4-18-25(11)13-16-5-15-6-17-13/h4-6,23H,1-2H3. The normalized spacial score (nSPS) is 11.4. The highest BCUT2D eigenvalue weighted by molar-refractivity contribution is 5.66. The minimum absolute atomic E-state index is 0.212. The number of hydrogen-bond donors (Lipinski definition) is 1. The zero-order valence-corrected chi connectivity index (χ0v) is 13.2. The van der Waals surface area contributed by atoms with Gasteiger partial charge in [0, 0.05) is 0 Å². The number of azo groups is 1. The molecular weight excluding hydrogens is 324 g/mol. The number of H-pyrrole nitrogens is 1. The molecule has 0 aliphatic heterocycles. The van der Waals surface area contributed by atoms with Crippen molar-refractivity contribution in [2.75, 3.05) is 0 Å². The first kappa shape index (κ1) is 14.6. The van der Waals surface area contributed by atoms with Crippen LogP contribution in [-0.4, -0.2) is 44.5 Å². The molecule has 0 aliphatic rings. The van der Waals surface area contributed by atoms with E-state index in [0.29, 0.717) is 17.2 Å². The van der Waals surface area contributed by atoms with E-state index in [1.165, 1.54) is 23.5 Å². The lowest BCUT2D eigenvalue weighted by molar-refractivity contribution is 0.790. The lowest BCUT2D eigenvalue weighted by atomic mass is 10.4. The summed E-state index contributed by atoms with van der Waals surface area (Å²) < 4.78 is 3.02. The summed E-state index contributed by atoms with van der Waals surface area (Å²) in [6.07, 6.45) is 4.03. The van der Waals surface area contributed by atoms with Crippen LogP contribution >= 0.6 is 0 Å². The molecule has 0 saturated carbocycles. The molecule has 0 bridgehead atoms. The number of fused-ring (bicyclic) bond motifs is 1. The van der Waals surface area contributed by atoms with Gasteiger partial charge in [-0.15, -0.1) is 20.4 Å². The molecule has 0 saturated heterocycles. The van der Waals surface area contributed by atoms with Crippen LogP contribution in [0, 0.1) is 25.2 Å². The Morgan fingerprint density at radius 3 is 2.72 bits per heavy atom. The molecule has 25 heavy (non-hydrogen) atoms. The van der Waals surface area contributed by atoms with E-state index in [2.05, 4.69) is 45.6 Å². The monoisotopic (exact) mass is 334 g/mol. The van der Waals surface area contributed by atoms with Gasteiger partial charge in [0.2, 0.25) is 5.65 Å². The average Bonchev–Trinajstić information content (AvgIpc) is 3.29. The van der Waals surface area contributed by atoms with Crippen LogP contribution in [0.25, 0.3) is 11.6 Å². The Bertz CT molecular complexity index is 1120. The van der Waals surface area contributed by atoms with Gasteiger partial charge >= 0.3 is 0 Å². The fraction of sp³-hybridized carbons (Fsp3) is 0.154. The number of nitriles is 1. The summed E-state index contributed by atoms with van der Waals surface area (Å²) in [5.74, 6) is 1.15. The Morgan fingerprint density at radius 2 is 1.96 bits per heavy atom. The number of rotatable bonds is 3. The Balaban J connectivity index is 1.83. The van der Waals surface area contributed by atoms with Gasteiger partial charge in [-0.05, 0) is 13.8 Å². The predicted molar refractivity (Wildman–Crippen MR) is 82.7 cm³/mol. The van der Waals surface area contributed by atoms with Crippen molar-refractivity contribution in [3.05, 3.63) is 35.9 Å². The fourth-order valence-corrected chi connectivity index (χ4v) is 2.26. The second-order valence-corrected chi connectivity index (χ2v) is 5.04. The van der Waals surface area contributed by atoms with E-state index in [4.69, 9.17) is 0 Å². The van der Waals surface area contributed by atoms with Gasteiger partial charge < -0.3 is 0 Å². The van der Waals surface area contributed by atoms with Crippen molar-refractivity contribution in [2.45, 2.75) is 13.8 Å². The number of nitrogens with one attached hydrogen (secondary N) is 1. The lowest BCUT2D eigenvalue weighted by Gasteiger charge is -1.99. The quantitative estimate of drug-likeness (QED) is 0.555. The molecule has 122 valence electrons. The number of hydrogen-bond acceptors (Lipinski definition) is 9. The molecule has 4 aromatic heterocycles. The van der Waals surface area contributed by atoms with Crippen LogP contribution in [0.1, 0.15) is 17.1 Å². The van der Waals surface area contributed by atoms with Crippen LogP contribution in [0.5, 0.6) is 0 Å². The highest BCUT2D eigenvalue weighted by Crippen LogP contribution is 2.28. The summed E-state index contributed by atoms with van der Waals surface area (Å²) in [5.41, 5.74) is 2.07. The zero-order valence-electron chi connectivity index (χ0n) is 13.2. The van der Waals surface area contributed by atoms with E-state index in [-0.39, 0.29) is 17.3 Å². The summed E-state index contributed by atoms with van der Waals surface area (Å²) in [4.78, 5) is 11.8. The molecule has 0 aromatic carbocycles. The van der Waals surface area contributed by atoms with E-state index in [1.54, 1.807) is 4.52 Å². The number of aryl methyl sites for hydroxylation is 2. The van der Waals surface area contributed by atoms with Gasteiger partial charge in [-0.3, -0.25) is 5.10 Å². The van der Waals surface area contributed by atoms with Crippen LogP contribution in [-0.2, 0) is 0 Å². The molecule has 0 atom stereocenters. The largest absolute Gasteiger partial charge is 0.293 e. The minimum Gasteiger partial charge on any atom is -0.293 e. The van der Waals surface area contributed by atoms with Gasteiger partial charge in [0.25, 0.3) is 5.95 Å². The van der Waals surface area contributed by atoms with Crippen molar-refractivity contribution in [1.82, 2.24) is 44.5 Å². The number of aromatic amines is 1. The van der Waals surface area contributed by atoms with Gasteiger partial charge in [-0.2, -0.15) is 25.0 Å². The fourth-order valence-electron chi connectivity index (χ4n) is 2.26. The molecule has 0 unspecified atom stereocenters. The van der Waals surface area contributed by atoms with E-state index >= 15 is 0 Å². The molecule has 12 heteroatoms. The first-order chi connectivity index (χ1) is 12.2. The Morgan fingerprint density at radius 1 is 1.16 bits per heavy atom. The molecule has 1 N–H and O–H groups in total. The maximum Gasteiger partial charge on any atom is 0.255 e.